The van der Waals surface area contributed by atoms with E-state index in [1.54, 1.807) is 6.20 Å². The van der Waals surface area contributed by atoms with Crippen LogP contribution >= 0.6 is 0 Å². The molecule has 0 spiro atoms. The lowest BCUT2D eigenvalue weighted by atomic mass is 9.95. The van der Waals surface area contributed by atoms with Crippen LogP contribution in [-0.2, 0) is 17.6 Å². The molecule has 4 nitrogen and oxygen atoms in total. The Labute approximate surface area is 120 Å². The van der Waals surface area contributed by atoms with Crippen LogP contribution in [0, 0.1) is 0 Å². The van der Waals surface area contributed by atoms with Gasteiger partial charge in [-0.1, -0.05) is 0 Å². The van der Waals surface area contributed by atoms with E-state index in [4.69, 9.17) is 4.74 Å². The number of hydrogen-bond acceptors (Lipinski definition) is 3. The van der Waals surface area contributed by atoms with Crippen molar-refractivity contribution in [3.63, 3.8) is 0 Å². The number of likely N-dealkylation sites (tertiary alicyclic amines) is 1. The molecule has 1 aromatic heterocycles. The van der Waals surface area contributed by atoms with Crippen molar-refractivity contribution < 1.29 is 9.53 Å². The number of aryl methyl sites for hydroxylation is 1. The van der Waals surface area contributed by atoms with Crippen molar-refractivity contribution in [2.75, 3.05) is 19.7 Å². The average Bonchev–Trinajstić information content (AvgIpc) is 2.53. The molecule has 1 fully saturated rings. The van der Waals surface area contributed by atoms with Crippen molar-refractivity contribution >= 4 is 5.91 Å². The molecule has 0 atom stereocenters. The fourth-order valence-electron chi connectivity index (χ4n) is 3.10. The third kappa shape index (κ3) is 2.94. The van der Waals surface area contributed by atoms with Crippen molar-refractivity contribution in [3.05, 3.63) is 23.5 Å². The van der Waals surface area contributed by atoms with Gasteiger partial charge in [-0.3, -0.25) is 9.78 Å². The van der Waals surface area contributed by atoms with E-state index in [0.717, 1.165) is 50.2 Å². The van der Waals surface area contributed by atoms with Crippen molar-refractivity contribution in [1.82, 2.24) is 9.88 Å². The number of hydrogen-bond donors (Lipinski definition) is 0. The first-order valence-corrected chi connectivity index (χ1v) is 7.72. The van der Waals surface area contributed by atoms with Crippen LogP contribution in [0.2, 0.25) is 0 Å². The maximum atomic E-state index is 12.1. The molecule has 108 valence electrons. The van der Waals surface area contributed by atoms with Gasteiger partial charge in [0.25, 0.3) is 5.91 Å². The van der Waals surface area contributed by atoms with Gasteiger partial charge in [0.2, 0.25) is 0 Å². The summed E-state index contributed by atoms with van der Waals surface area (Å²) in [5.41, 5.74) is 2.37. The summed E-state index contributed by atoms with van der Waals surface area (Å²) in [5.74, 6) is 0.978. The fraction of sp³-hybridized carbons (Fsp3) is 0.625. The van der Waals surface area contributed by atoms with Crippen LogP contribution in [0.25, 0.3) is 0 Å². The third-order valence-electron chi connectivity index (χ3n) is 4.25. The highest BCUT2D eigenvalue weighted by Gasteiger charge is 2.19. The molecule has 0 aromatic carbocycles. The molecule has 2 aliphatic rings. The molecular formula is C16H22N2O2. The molecular weight excluding hydrogens is 252 g/mol. The van der Waals surface area contributed by atoms with Crippen LogP contribution in [0.15, 0.2) is 12.3 Å². The highest BCUT2D eigenvalue weighted by molar-refractivity contribution is 5.77. The van der Waals surface area contributed by atoms with Crippen molar-refractivity contribution in [1.29, 1.82) is 0 Å². The minimum Gasteiger partial charge on any atom is -0.483 e. The van der Waals surface area contributed by atoms with E-state index >= 15 is 0 Å². The Bertz CT molecular complexity index is 481. The number of ether oxygens (including phenoxy) is 1. The van der Waals surface area contributed by atoms with E-state index in [1.165, 1.54) is 24.8 Å². The second-order valence-corrected chi connectivity index (χ2v) is 5.67. The predicted octanol–water partition coefficient (Wildman–Crippen LogP) is 2.35. The van der Waals surface area contributed by atoms with E-state index in [-0.39, 0.29) is 12.5 Å². The quantitative estimate of drug-likeness (QED) is 0.849. The normalized spacial score (nSPS) is 18.5. The second kappa shape index (κ2) is 6.25. The van der Waals surface area contributed by atoms with Crippen LogP contribution in [0.3, 0.4) is 0 Å². The third-order valence-corrected chi connectivity index (χ3v) is 4.25. The summed E-state index contributed by atoms with van der Waals surface area (Å²) in [6, 6.07) is 1.90. The van der Waals surface area contributed by atoms with Gasteiger partial charge >= 0.3 is 0 Å². The Balaban J connectivity index is 1.62. The van der Waals surface area contributed by atoms with E-state index in [9.17, 15) is 4.79 Å². The molecule has 1 aliphatic carbocycles. The molecule has 1 aromatic rings. The van der Waals surface area contributed by atoms with Gasteiger partial charge in [-0.2, -0.15) is 0 Å². The van der Waals surface area contributed by atoms with E-state index < -0.39 is 0 Å². The minimum atomic E-state index is 0.117. The molecule has 20 heavy (non-hydrogen) atoms. The van der Waals surface area contributed by atoms with E-state index in [1.807, 2.05) is 11.0 Å². The first kappa shape index (κ1) is 13.4. The summed E-state index contributed by atoms with van der Waals surface area (Å²) < 4.78 is 5.79. The van der Waals surface area contributed by atoms with Crippen molar-refractivity contribution in [3.8, 4) is 5.75 Å². The lowest BCUT2D eigenvalue weighted by molar-refractivity contribution is -0.134. The van der Waals surface area contributed by atoms with E-state index in [0.29, 0.717) is 0 Å². The molecule has 0 saturated carbocycles. The summed E-state index contributed by atoms with van der Waals surface area (Å²) in [6.45, 7) is 1.93. The molecule has 0 unspecified atom stereocenters. The van der Waals surface area contributed by atoms with Crippen molar-refractivity contribution in [2.45, 2.75) is 44.9 Å². The van der Waals surface area contributed by atoms with Crippen LogP contribution in [0.1, 0.15) is 43.4 Å². The van der Waals surface area contributed by atoms with Gasteiger partial charge in [-0.15, -0.1) is 0 Å². The zero-order valence-electron chi connectivity index (χ0n) is 11.9. The lowest BCUT2D eigenvalue weighted by Gasteiger charge is -2.27. The molecule has 0 radical (unpaired) electrons. The SMILES string of the molecule is O=C(COc1ccnc2c1CCCC2)N1CCCCC1. The zero-order valence-corrected chi connectivity index (χ0v) is 11.9. The Morgan fingerprint density at radius 1 is 1.15 bits per heavy atom. The number of carbonyl (C=O) groups is 1. The standard InChI is InChI=1S/C16H22N2O2/c19-16(18-10-4-1-5-11-18)12-20-15-8-9-17-14-7-3-2-6-13(14)15/h8-9H,1-7,10-12H2. The van der Waals surface area contributed by atoms with Gasteiger partial charge in [-0.05, 0) is 51.0 Å². The number of amides is 1. The minimum absolute atomic E-state index is 0.117. The van der Waals surface area contributed by atoms with Crippen LogP contribution in [0.4, 0.5) is 0 Å². The summed E-state index contributed by atoms with van der Waals surface area (Å²) >= 11 is 0. The largest absolute Gasteiger partial charge is 0.483 e. The molecule has 2 heterocycles. The number of aromatic nitrogens is 1. The van der Waals surface area contributed by atoms with Gasteiger partial charge in [0.05, 0.1) is 0 Å². The molecule has 4 heteroatoms. The number of piperidine rings is 1. The average molecular weight is 274 g/mol. The number of nitrogens with zero attached hydrogens (tertiary/aromatic N) is 2. The van der Waals surface area contributed by atoms with Crippen molar-refractivity contribution in [2.24, 2.45) is 0 Å². The molecule has 0 N–H and O–H groups in total. The number of carbonyl (C=O) groups excluding carboxylic acids is 1. The van der Waals surface area contributed by atoms with Gasteiger partial charge in [0.1, 0.15) is 5.75 Å². The Morgan fingerprint density at radius 2 is 1.95 bits per heavy atom. The summed E-state index contributed by atoms with van der Waals surface area (Å²) in [7, 11) is 0. The Morgan fingerprint density at radius 3 is 2.80 bits per heavy atom. The molecule has 1 aliphatic heterocycles. The number of pyridine rings is 1. The zero-order chi connectivity index (χ0) is 13.8. The maximum Gasteiger partial charge on any atom is 0.260 e. The number of rotatable bonds is 3. The number of fused-ring (bicyclic) bond motifs is 1. The second-order valence-electron chi connectivity index (χ2n) is 5.67. The Hall–Kier alpha value is -1.58. The Kier molecular flexibility index (Phi) is 4.19. The molecule has 1 amide bonds. The van der Waals surface area contributed by atoms with E-state index in [2.05, 4.69) is 4.98 Å². The lowest BCUT2D eigenvalue weighted by Crippen LogP contribution is -2.38. The van der Waals surface area contributed by atoms with Gasteiger partial charge in [0.15, 0.2) is 6.61 Å². The summed E-state index contributed by atoms with van der Waals surface area (Å²) in [5, 5.41) is 0. The maximum absolute atomic E-state index is 12.1. The highest BCUT2D eigenvalue weighted by atomic mass is 16.5. The van der Waals surface area contributed by atoms with Gasteiger partial charge in [0, 0.05) is 30.5 Å². The summed E-state index contributed by atoms with van der Waals surface area (Å²) in [6.07, 6.45) is 9.73. The summed E-state index contributed by atoms with van der Waals surface area (Å²) in [4.78, 5) is 18.5. The van der Waals surface area contributed by atoms with Crippen LogP contribution in [-0.4, -0.2) is 35.5 Å². The smallest absolute Gasteiger partial charge is 0.260 e. The first-order valence-electron chi connectivity index (χ1n) is 7.72. The molecule has 0 bridgehead atoms. The first-order chi connectivity index (χ1) is 9.84. The van der Waals surface area contributed by atoms with Crippen LogP contribution in [0.5, 0.6) is 5.75 Å². The highest BCUT2D eigenvalue weighted by Crippen LogP contribution is 2.27. The van der Waals surface area contributed by atoms with Gasteiger partial charge < -0.3 is 9.64 Å². The fourth-order valence-corrected chi connectivity index (χ4v) is 3.10. The van der Waals surface area contributed by atoms with Gasteiger partial charge in [-0.25, -0.2) is 0 Å². The molecule has 3 rings (SSSR count). The monoisotopic (exact) mass is 274 g/mol. The predicted molar refractivity (Wildman–Crippen MR) is 76.8 cm³/mol. The molecule has 1 saturated heterocycles. The topological polar surface area (TPSA) is 42.4 Å². The van der Waals surface area contributed by atoms with Crippen LogP contribution < -0.4 is 4.74 Å².